The highest BCUT2D eigenvalue weighted by molar-refractivity contribution is 5.98. The molecule has 41 heavy (non-hydrogen) atoms. The molecule has 0 atom stereocenters. The molecule has 13 heteroatoms. The molecule has 0 bridgehead atoms. The number of hydrogen-bond donors (Lipinski definition) is 3. The predicted octanol–water partition coefficient (Wildman–Crippen LogP) is 2.67. The summed E-state index contributed by atoms with van der Waals surface area (Å²) in [5, 5.41) is 27.3. The summed E-state index contributed by atoms with van der Waals surface area (Å²) in [5.41, 5.74) is -1.19. The molecule has 226 valence electrons. The molecule has 2 aromatic rings. The molecular weight excluding hydrogens is 542 g/mol. The summed E-state index contributed by atoms with van der Waals surface area (Å²) in [6, 6.07) is 6.76. The van der Waals surface area contributed by atoms with Crippen LogP contribution in [0, 0.1) is 5.41 Å². The Balaban J connectivity index is 2.37. The van der Waals surface area contributed by atoms with Gasteiger partial charge in [-0.25, -0.2) is 4.79 Å². The van der Waals surface area contributed by atoms with Gasteiger partial charge in [0.2, 0.25) is 0 Å². The van der Waals surface area contributed by atoms with E-state index in [1.54, 1.807) is 12.1 Å². The second kappa shape index (κ2) is 16.5. The molecule has 0 fully saturated rings. The maximum absolute atomic E-state index is 13.5. The molecular formula is C28H37NO12. The van der Waals surface area contributed by atoms with Crippen molar-refractivity contribution in [3.63, 3.8) is 0 Å². The lowest BCUT2D eigenvalue weighted by molar-refractivity contribution is -0.139. The molecule has 3 N–H and O–H groups in total. The summed E-state index contributed by atoms with van der Waals surface area (Å²) in [5.74, 6) is -3.92. The molecule has 0 aliphatic carbocycles. The molecule has 0 amide bonds. The van der Waals surface area contributed by atoms with Gasteiger partial charge in [-0.05, 0) is 32.0 Å². The lowest BCUT2D eigenvalue weighted by Crippen LogP contribution is -2.40. The maximum Gasteiger partial charge on any atom is 0.347 e. The normalized spacial score (nSPS) is 11.5. The third-order valence-electron chi connectivity index (χ3n) is 6.29. The minimum atomic E-state index is -1.29. The molecule has 13 nitrogen and oxygen atoms in total. The van der Waals surface area contributed by atoms with Gasteiger partial charge < -0.3 is 38.8 Å². The first-order valence-corrected chi connectivity index (χ1v) is 13.2. The number of nitrogens with zero attached hydrogens (tertiary/aromatic N) is 1. The van der Waals surface area contributed by atoms with E-state index in [-0.39, 0.29) is 70.9 Å². The molecule has 0 unspecified atom stereocenters. The van der Waals surface area contributed by atoms with E-state index in [0.717, 1.165) is 18.8 Å². The van der Waals surface area contributed by atoms with Crippen LogP contribution in [-0.2, 0) is 28.6 Å². The van der Waals surface area contributed by atoms with Gasteiger partial charge in [-0.3, -0.25) is 19.2 Å². The lowest BCUT2D eigenvalue weighted by atomic mass is 9.83. The molecule has 0 aliphatic heterocycles. The Bertz CT molecular complexity index is 1200. The molecule has 0 spiro atoms. The van der Waals surface area contributed by atoms with Crippen molar-refractivity contribution in [3.05, 3.63) is 40.2 Å². The van der Waals surface area contributed by atoms with E-state index in [4.69, 9.17) is 33.9 Å². The summed E-state index contributed by atoms with van der Waals surface area (Å²) in [7, 11) is 0. The second-order valence-electron chi connectivity index (χ2n) is 9.53. The van der Waals surface area contributed by atoms with Gasteiger partial charge in [0.05, 0.1) is 58.9 Å². The number of benzene rings is 1. The SMILES string of the molecule is CCN(CC)c1ccc2cc(C(=O)CC(COCCC(=O)O)(COCCC(=O)O)COCCC(=O)O)c(=O)oc2c1. The molecule has 0 saturated heterocycles. The van der Waals surface area contributed by atoms with E-state index >= 15 is 0 Å². The third-order valence-corrected chi connectivity index (χ3v) is 6.29. The Morgan fingerprint density at radius 1 is 0.805 bits per heavy atom. The zero-order valence-electron chi connectivity index (χ0n) is 23.3. The van der Waals surface area contributed by atoms with Gasteiger partial charge >= 0.3 is 23.5 Å². The van der Waals surface area contributed by atoms with Crippen molar-refractivity contribution in [2.75, 3.05) is 57.6 Å². The van der Waals surface area contributed by atoms with Crippen LogP contribution in [0.5, 0.6) is 0 Å². The summed E-state index contributed by atoms with van der Waals surface area (Å²) < 4.78 is 22.1. The van der Waals surface area contributed by atoms with Crippen LogP contribution in [-0.4, -0.2) is 91.7 Å². The van der Waals surface area contributed by atoms with Gasteiger partial charge in [-0.15, -0.1) is 0 Å². The molecule has 1 heterocycles. The average molecular weight is 580 g/mol. The van der Waals surface area contributed by atoms with Crippen LogP contribution < -0.4 is 10.5 Å². The predicted molar refractivity (Wildman–Crippen MR) is 147 cm³/mol. The van der Waals surface area contributed by atoms with E-state index in [2.05, 4.69) is 4.90 Å². The minimum Gasteiger partial charge on any atom is -0.481 e. The number of ether oxygens (including phenoxy) is 3. The fourth-order valence-corrected chi connectivity index (χ4v) is 4.14. The van der Waals surface area contributed by atoms with Crippen molar-refractivity contribution >= 4 is 40.3 Å². The van der Waals surface area contributed by atoms with Crippen LogP contribution in [0.2, 0.25) is 0 Å². The monoisotopic (exact) mass is 579 g/mol. The highest BCUT2D eigenvalue weighted by Crippen LogP contribution is 2.28. The fraction of sp³-hybridized carbons (Fsp3) is 0.536. The number of aliphatic carboxylic acids is 3. The molecule has 1 aromatic carbocycles. The zero-order valence-corrected chi connectivity index (χ0v) is 23.3. The van der Waals surface area contributed by atoms with Gasteiger partial charge in [0, 0.05) is 42.1 Å². The molecule has 1 aromatic heterocycles. The second-order valence-corrected chi connectivity index (χ2v) is 9.53. The van der Waals surface area contributed by atoms with Gasteiger partial charge in [0.1, 0.15) is 11.1 Å². The number of hydrogen-bond acceptors (Lipinski definition) is 10. The standard InChI is InChI=1S/C28H37NO12/c1-3-29(4-2)20-6-5-19-13-21(27(37)41-23(19)14-20)22(30)15-28(16-38-10-7-24(31)32,17-39-11-8-25(33)34)18-40-12-9-26(35)36/h5-6,13-14H,3-4,7-12,15-18H2,1-2H3,(H,31,32)(H,33,34)(H,35,36). The van der Waals surface area contributed by atoms with Gasteiger partial charge in [-0.2, -0.15) is 0 Å². The van der Waals surface area contributed by atoms with Crippen molar-refractivity contribution in [2.45, 2.75) is 39.5 Å². The molecule has 2 rings (SSSR count). The summed E-state index contributed by atoms with van der Waals surface area (Å²) in [4.78, 5) is 61.3. The maximum atomic E-state index is 13.5. The van der Waals surface area contributed by atoms with Gasteiger partial charge in [0.25, 0.3) is 0 Å². The number of rotatable bonds is 21. The van der Waals surface area contributed by atoms with Crippen molar-refractivity contribution in [1.82, 2.24) is 0 Å². The first kappa shape index (κ1) is 33.4. The summed E-state index contributed by atoms with van der Waals surface area (Å²) in [6.07, 6.45) is -1.30. The highest BCUT2D eigenvalue weighted by atomic mass is 16.5. The Morgan fingerprint density at radius 2 is 1.29 bits per heavy atom. The quantitative estimate of drug-likeness (QED) is 0.111. The average Bonchev–Trinajstić information content (AvgIpc) is 2.91. The number of carboxylic acids is 3. The number of ketones is 1. The van der Waals surface area contributed by atoms with E-state index in [0.29, 0.717) is 11.0 Å². The fourth-order valence-electron chi connectivity index (χ4n) is 4.14. The van der Waals surface area contributed by atoms with Crippen LogP contribution in [0.4, 0.5) is 5.69 Å². The minimum absolute atomic E-state index is 0.192. The largest absolute Gasteiger partial charge is 0.481 e. The van der Waals surface area contributed by atoms with E-state index < -0.39 is 34.7 Å². The topological polar surface area (TPSA) is 190 Å². The summed E-state index contributed by atoms with van der Waals surface area (Å²) in [6.45, 7) is 4.22. The number of Topliss-reactive ketones (excluding diaryl/α,β-unsaturated/α-hetero) is 1. The van der Waals surface area contributed by atoms with Crippen LogP contribution in [0.1, 0.15) is 49.9 Å². The number of carboxylic acid groups (broad SMARTS) is 3. The Morgan fingerprint density at radius 3 is 1.73 bits per heavy atom. The van der Waals surface area contributed by atoms with Gasteiger partial charge in [-0.1, -0.05) is 0 Å². The summed E-state index contributed by atoms with van der Waals surface area (Å²) >= 11 is 0. The Hall–Kier alpha value is -3.81. The van der Waals surface area contributed by atoms with E-state index in [1.165, 1.54) is 6.07 Å². The van der Waals surface area contributed by atoms with Crippen LogP contribution in [0.3, 0.4) is 0 Å². The smallest absolute Gasteiger partial charge is 0.347 e. The number of carbonyl (C=O) groups is 4. The number of fused-ring (bicyclic) bond motifs is 1. The highest BCUT2D eigenvalue weighted by Gasteiger charge is 2.36. The van der Waals surface area contributed by atoms with Crippen molar-refractivity contribution in [1.29, 1.82) is 0 Å². The molecule has 0 saturated carbocycles. The Kier molecular flexibility index (Phi) is 13.4. The first-order chi connectivity index (χ1) is 19.5. The van der Waals surface area contributed by atoms with Crippen LogP contribution in [0.25, 0.3) is 11.0 Å². The molecule has 0 radical (unpaired) electrons. The number of carbonyl (C=O) groups excluding carboxylic acids is 1. The van der Waals surface area contributed by atoms with E-state index in [1.807, 2.05) is 19.9 Å². The van der Waals surface area contributed by atoms with Crippen LogP contribution >= 0.6 is 0 Å². The molecule has 0 aliphatic rings. The Labute approximate surface area is 236 Å². The van der Waals surface area contributed by atoms with Gasteiger partial charge in [0.15, 0.2) is 5.78 Å². The van der Waals surface area contributed by atoms with E-state index in [9.17, 15) is 24.0 Å². The van der Waals surface area contributed by atoms with Crippen LogP contribution in [0.15, 0.2) is 33.5 Å². The lowest BCUT2D eigenvalue weighted by Gasteiger charge is -2.32. The van der Waals surface area contributed by atoms with Crippen molar-refractivity contribution in [2.24, 2.45) is 5.41 Å². The van der Waals surface area contributed by atoms with Crippen molar-refractivity contribution < 1.29 is 53.1 Å². The first-order valence-electron chi connectivity index (χ1n) is 13.2. The zero-order chi connectivity index (χ0) is 30.4. The third kappa shape index (κ3) is 10.9. The number of anilines is 1. The van der Waals surface area contributed by atoms with Crippen molar-refractivity contribution in [3.8, 4) is 0 Å².